The number of hydrogen-bond donors (Lipinski definition) is 3. The maximum Gasteiger partial charge on any atom is 0.255 e. The van der Waals surface area contributed by atoms with Crippen LogP contribution in [0.15, 0.2) is 164 Å². The van der Waals surface area contributed by atoms with E-state index in [-0.39, 0.29) is 101 Å². The summed E-state index contributed by atoms with van der Waals surface area (Å²) in [6.07, 6.45) is -8.45. The van der Waals surface area contributed by atoms with Crippen LogP contribution >= 0.6 is 0 Å². The van der Waals surface area contributed by atoms with Gasteiger partial charge in [-0.2, -0.15) is 0 Å². The molecule has 4 atom stereocenters. The lowest BCUT2D eigenvalue weighted by molar-refractivity contribution is -0.144. The van der Waals surface area contributed by atoms with E-state index < -0.39 is 85.5 Å². The first-order valence-electron chi connectivity index (χ1n) is 37.9. The fourth-order valence-corrected chi connectivity index (χ4v) is 12.9. The molecule has 9 heterocycles. The maximum atomic E-state index is 13.2. The van der Waals surface area contributed by atoms with Crippen molar-refractivity contribution in [2.45, 2.75) is 116 Å². The minimum atomic E-state index is -2.17. The van der Waals surface area contributed by atoms with E-state index in [4.69, 9.17) is 40.8 Å². The monoisotopic (exact) mass is 1390 g/mol. The van der Waals surface area contributed by atoms with Gasteiger partial charge in [0.25, 0.3) is 17.7 Å². The summed E-state index contributed by atoms with van der Waals surface area (Å²) < 4.78 is 107. The van der Waals surface area contributed by atoms with Gasteiger partial charge in [-0.25, -0.2) is 0 Å². The van der Waals surface area contributed by atoms with Crippen LogP contribution < -0.4 is 30.2 Å². The number of rotatable bonds is 18. The van der Waals surface area contributed by atoms with Gasteiger partial charge in [0, 0.05) is 99.3 Å². The van der Waals surface area contributed by atoms with E-state index in [1.807, 2.05) is 72.8 Å². The van der Waals surface area contributed by atoms with Crippen LogP contribution in [0.3, 0.4) is 0 Å². The molecule has 3 N–H and O–H groups in total. The van der Waals surface area contributed by atoms with E-state index in [0.717, 1.165) is 38.3 Å². The Kier molecular flexibility index (Phi) is 18.0. The molecule has 6 fully saturated rings. The summed E-state index contributed by atoms with van der Waals surface area (Å²) in [7, 11) is 0. The Morgan fingerprint density at radius 3 is 1.22 bits per heavy atom. The van der Waals surface area contributed by atoms with Gasteiger partial charge < -0.3 is 73.8 Å². The van der Waals surface area contributed by atoms with Gasteiger partial charge in [-0.15, -0.1) is 0 Å². The van der Waals surface area contributed by atoms with Crippen molar-refractivity contribution in [2.24, 2.45) is 0 Å². The summed E-state index contributed by atoms with van der Waals surface area (Å²) in [6.45, 7) is 16.6. The predicted molar refractivity (Wildman–Crippen MR) is 371 cm³/mol. The number of allylic oxidation sites excluding steroid dienone is 3. The fraction of sp³-hybridized carbons (Fsp3) is 0.346. The largest absolute Gasteiger partial charge is 0.489 e. The van der Waals surface area contributed by atoms with Gasteiger partial charge in [-0.05, 0) is 108 Å². The molecule has 9 aliphatic rings. The molecule has 0 spiro atoms. The van der Waals surface area contributed by atoms with Crippen LogP contribution in [0, 0.1) is 0 Å². The summed E-state index contributed by atoms with van der Waals surface area (Å²) in [5.74, 6) is -2.05. The van der Waals surface area contributed by atoms with Crippen molar-refractivity contribution in [3.63, 3.8) is 0 Å². The molecule has 4 unspecified atom stereocenters. The number of hydrogen-bond acceptors (Lipinski definition) is 15. The van der Waals surface area contributed by atoms with Crippen molar-refractivity contribution in [3.05, 3.63) is 231 Å². The number of ether oxygens (including phenoxy) is 6. The normalized spacial score (nSPS) is 24.7. The zero-order valence-electron chi connectivity index (χ0n) is 64.9. The summed E-state index contributed by atoms with van der Waals surface area (Å²) >= 11 is 0. The van der Waals surface area contributed by atoms with Gasteiger partial charge in [0.15, 0.2) is 1.41 Å². The summed E-state index contributed by atoms with van der Waals surface area (Å²) in [6, 6.07) is 33.9. The molecule has 0 aromatic heterocycles. The second kappa shape index (κ2) is 31.3. The molecule has 102 heavy (non-hydrogen) atoms. The minimum Gasteiger partial charge on any atom is -0.489 e. The zero-order chi connectivity index (χ0) is 79.0. The van der Waals surface area contributed by atoms with Crippen molar-refractivity contribution in [1.29, 1.82) is 0 Å². The number of piperidine rings is 3. The van der Waals surface area contributed by atoms with Crippen LogP contribution in [-0.4, -0.2) is 160 Å². The smallest absolute Gasteiger partial charge is 0.255 e. The van der Waals surface area contributed by atoms with Crippen molar-refractivity contribution in [1.82, 2.24) is 45.3 Å². The molecule has 9 amide bonds. The highest BCUT2D eigenvalue weighted by atomic mass is 16.5. The van der Waals surface area contributed by atoms with E-state index in [2.05, 4.69) is 30.4 Å². The lowest BCUT2D eigenvalue weighted by atomic mass is 10.0. The maximum absolute atomic E-state index is 13.2. The second-order valence-electron chi connectivity index (χ2n) is 25.3. The second-order valence-corrected chi connectivity index (χ2v) is 25.3. The molecule has 9 aliphatic heterocycles. The third-order valence-corrected chi connectivity index (χ3v) is 18.5. The summed E-state index contributed by atoms with van der Waals surface area (Å²) in [5, 5.41) is 5.17. The van der Waals surface area contributed by atoms with Gasteiger partial charge in [-0.3, -0.25) is 43.2 Å². The van der Waals surface area contributed by atoms with Crippen molar-refractivity contribution >= 4 is 53.2 Å². The van der Waals surface area contributed by atoms with Crippen molar-refractivity contribution < 1.29 is 83.9 Å². The van der Waals surface area contributed by atoms with Crippen molar-refractivity contribution in [2.75, 3.05) is 59.3 Å². The molecular formula is C78H81N9O15. The number of nitrogens with one attached hydrogen (secondary N) is 3. The van der Waals surface area contributed by atoms with Gasteiger partial charge in [0.05, 0.1) is 40.8 Å². The molecule has 528 valence electrons. The molecular weight excluding hydrogens is 1300 g/mol. The average molecular weight is 1390 g/mol. The van der Waals surface area contributed by atoms with Crippen LogP contribution in [0.25, 0.3) is 0 Å². The standard InChI is InChI=1S/3C26H27N3O5/c3*1-17-5-10-22(25(31)27-17)29-14-21-20(26(29)32)3-2-4-23(21)34-15-19-8-6-18(7-9-19)13-28-11-12-33-16-24(28)30/h3*2-4,6-9,22H,1,5,10-16H2,(H,27,31)/i5D2,22D;5D2,10D;5D2/hD. The Balaban J connectivity index is 0.000000146. The first-order chi connectivity index (χ1) is 52.9. The van der Waals surface area contributed by atoms with Gasteiger partial charge in [0.1, 0.15) is 75.0 Å². The van der Waals surface area contributed by atoms with Crippen LogP contribution in [0.4, 0.5) is 0 Å². The average Bonchev–Trinajstić information content (AvgIpc) is 1.64. The molecule has 0 radical (unpaired) electrons. The number of carbonyl (C=O) groups is 9. The molecule has 15 rings (SSSR count). The highest BCUT2D eigenvalue weighted by Gasteiger charge is 2.43. The molecule has 6 aromatic rings. The van der Waals surface area contributed by atoms with Gasteiger partial charge in [-0.1, -0.05) is 111 Å². The van der Waals surface area contributed by atoms with E-state index in [1.165, 1.54) is 9.80 Å². The lowest BCUT2D eigenvalue weighted by Gasteiger charge is -2.31. The van der Waals surface area contributed by atoms with Crippen LogP contribution in [0.1, 0.15) is 130 Å². The lowest BCUT2D eigenvalue weighted by Crippen LogP contribution is -2.49. The fourth-order valence-electron chi connectivity index (χ4n) is 12.9. The number of morpholine rings is 3. The molecule has 6 aromatic carbocycles. The SMILES string of the molecule is [2H]C1([2H])CC([2H])(N2Cc3c(OCc4ccc(CN5CCOCC5=O)cc4)cccc3C2=O)C(=O)NC1=C.[2H]C1C(N2Cc3c(OCc4ccc(CN5CCOCC5=O)cc4)cccc3C2=O)C(=O)NC(=C)C1([2H])[2H].[2H]N1C(=C)C([2H])([2H])CC(N2Cc3c(OCc4ccc(CN5CCOCC5=O)cc4)cccc3C2=O)C1=O. The molecule has 24 heteroatoms. The zero-order valence-corrected chi connectivity index (χ0v) is 55.9. The first-order valence-corrected chi connectivity index (χ1v) is 33.3. The van der Waals surface area contributed by atoms with E-state index >= 15 is 0 Å². The Morgan fingerprint density at radius 1 is 0.431 bits per heavy atom. The van der Waals surface area contributed by atoms with Crippen LogP contribution in [0.2, 0.25) is 1.41 Å². The first kappa shape index (κ1) is 58.8. The molecule has 0 bridgehead atoms. The quantitative estimate of drug-likeness (QED) is 0.0774. The van der Waals surface area contributed by atoms with Crippen LogP contribution in [0.5, 0.6) is 17.2 Å². The summed E-state index contributed by atoms with van der Waals surface area (Å²) in [4.78, 5) is 122. The third kappa shape index (κ3) is 15.9. The van der Waals surface area contributed by atoms with E-state index in [9.17, 15) is 43.2 Å². The van der Waals surface area contributed by atoms with Gasteiger partial charge >= 0.3 is 0 Å². The number of amides is 9. The Labute approximate surface area is 603 Å². The molecule has 24 nitrogen and oxygen atoms in total. The third-order valence-electron chi connectivity index (χ3n) is 18.5. The molecule has 6 saturated heterocycles. The Bertz CT molecular complexity index is 4740. The van der Waals surface area contributed by atoms with Crippen molar-refractivity contribution in [3.8, 4) is 17.2 Å². The highest BCUT2D eigenvalue weighted by Crippen LogP contribution is 2.38. The van der Waals surface area contributed by atoms with E-state index in [0.29, 0.717) is 115 Å². The number of nitrogens with zero attached hydrogens (tertiary/aromatic N) is 6. The van der Waals surface area contributed by atoms with E-state index in [1.54, 1.807) is 69.3 Å². The van der Waals surface area contributed by atoms with Gasteiger partial charge in [0.2, 0.25) is 35.4 Å². The summed E-state index contributed by atoms with van der Waals surface area (Å²) in [5.41, 5.74) is 8.06. The predicted octanol–water partition coefficient (Wildman–Crippen LogP) is 7.12. The highest BCUT2D eigenvalue weighted by molar-refractivity contribution is 6.04. The Hall–Kier alpha value is -11.0. The number of carbonyl (C=O) groups excluding carboxylic acids is 9. The molecule has 0 saturated carbocycles. The van der Waals surface area contributed by atoms with Crippen LogP contribution in [-0.2, 0) is 102 Å². The number of benzene rings is 6. The topological polar surface area (TPSA) is 265 Å². The minimum absolute atomic E-state index is 0.0216. The Morgan fingerprint density at radius 2 is 0.794 bits per heavy atom. The number of fused-ring (bicyclic) bond motifs is 3. The molecule has 0 aliphatic carbocycles.